The van der Waals surface area contributed by atoms with Gasteiger partial charge in [-0.2, -0.15) is 0 Å². The van der Waals surface area contributed by atoms with Crippen LogP contribution in [-0.2, 0) is 16.3 Å². The number of hydrogen-bond acceptors (Lipinski definition) is 3. The quantitative estimate of drug-likeness (QED) is 0.420. The Bertz CT molecular complexity index is 1210. The van der Waals surface area contributed by atoms with E-state index in [1.165, 1.54) is 10.8 Å². The van der Waals surface area contributed by atoms with Crippen LogP contribution in [0.4, 0.5) is 0 Å². The van der Waals surface area contributed by atoms with Crippen LogP contribution in [0.2, 0.25) is 19.6 Å². The van der Waals surface area contributed by atoms with Crippen LogP contribution in [0.5, 0.6) is 0 Å². The second kappa shape index (κ2) is 6.92. The van der Waals surface area contributed by atoms with Gasteiger partial charge in [-0.3, -0.25) is 4.98 Å². The molecule has 5 heteroatoms. The average molecular weight is 422 g/mol. The van der Waals surface area contributed by atoms with Crippen molar-refractivity contribution >= 4 is 23.1 Å². The zero-order chi connectivity index (χ0) is 21.0. The molecule has 4 rings (SSSR count). The smallest absolute Gasteiger partial charge is 0.207 e. The lowest BCUT2D eigenvalue weighted by Crippen LogP contribution is -2.40. The molecular weight excluding hydrogens is 394 g/mol. The van der Waals surface area contributed by atoms with Crippen molar-refractivity contribution in [2.45, 2.75) is 49.7 Å². The van der Waals surface area contributed by atoms with E-state index in [0.717, 1.165) is 28.8 Å². The van der Waals surface area contributed by atoms with Gasteiger partial charge in [0.05, 0.1) is 23.6 Å². The Labute approximate surface area is 174 Å². The molecule has 0 radical (unpaired) electrons. The Balaban J connectivity index is 1.85. The molecule has 0 aliphatic carbocycles. The normalized spacial score (nSPS) is 14.7. The summed E-state index contributed by atoms with van der Waals surface area (Å²) in [5.41, 5.74) is 4.61. The van der Waals surface area contributed by atoms with E-state index in [9.17, 15) is 8.42 Å². The third-order valence-corrected chi connectivity index (χ3v) is 9.38. The van der Waals surface area contributed by atoms with E-state index in [1.807, 2.05) is 30.5 Å². The first-order valence-corrected chi connectivity index (χ1v) is 15.1. The van der Waals surface area contributed by atoms with Crippen molar-refractivity contribution in [3.63, 3.8) is 0 Å². The van der Waals surface area contributed by atoms with E-state index in [0.29, 0.717) is 15.7 Å². The summed E-state index contributed by atoms with van der Waals surface area (Å²) in [7, 11) is -4.99. The highest BCUT2D eigenvalue weighted by atomic mass is 32.2. The van der Waals surface area contributed by atoms with Crippen molar-refractivity contribution in [2.24, 2.45) is 5.92 Å². The molecule has 0 unspecified atom stereocenters. The minimum Gasteiger partial charge on any atom is -0.256 e. The van der Waals surface area contributed by atoms with Crippen molar-refractivity contribution < 1.29 is 8.42 Å². The molecule has 0 saturated heterocycles. The Kier molecular flexibility index (Phi) is 4.78. The van der Waals surface area contributed by atoms with Gasteiger partial charge in [-0.15, -0.1) is 0 Å². The molecule has 0 N–H and O–H groups in total. The van der Waals surface area contributed by atoms with Crippen molar-refractivity contribution in [2.75, 3.05) is 0 Å². The van der Waals surface area contributed by atoms with E-state index in [-0.39, 0.29) is 0 Å². The number of rotatable bonds is 4. The van der Waals surface area contributed by atoms with Crippen LogP contribution in [0.15, 0.2) is 64.5 Å². The zero-order valence-electron chi connectivity index (χ0n) is 17.7. The van der Waals surface area contributed by atoms with Gasteiger partial charge in [0.15, 0.2) is 0 Å². The van der Waals surface area contributed by atoms with Gasteiger partial charge in [0.1, 0.15) is 0 Å². The van der Waals surface area contributed by atoms with Crippen LogP contribution < -0.4 is 5.19 Å². The molecule has 1 aromatic heterocycles. The third-order valence-electron chi connectivity index (χ3n) is 5.46. The van der Waals surface area contributed by atoms with E-state index >= 15 is 0 Å². The van der Waals surface area contributed by atoms with Gasteiger partial charge in [-0.25, -0.2) is 8.42 Å². The molecule has 3 aromatic rings. The number of hydrogen-bond donors (Lipinski definition) is 0. The number of nitrogens with zero attached hydrogens (tertiary/aromatic N) is 1. The third kappa shape index (κ3) is 3.47. The molecule has 0 bridgehead atoms. The van der Waals surface area contributed by atoms with E-state index < -0.39 is 17.9 Å². The second-order valence-electron chi connectivity index (χ2n) is 9.29. The predicted octanol–water partition coefficient (Wildman–Crippen LogP) is 5.31. The first-order chi connectivity index (χ1) is 13.6. The minimum atomic E-state index is -3.48. The molecule has 2 heterocycles. The summed E-state index contributed by atoms with van der Waals surface area (Å²) in [5, 5.41) is 1.39. The molecular formula is C24H27NO2SSi. The molecule has 2 aromatic carbocycles. The highest BCUT2D eigenvalue weighted by molar-refractivity contribution is 7.92. The van der Waals surface area contributed by atoms with Crippen LogP contribution in [0, 0.1) is 5.92 Å². The largest absolute Gasteiger partial charge is 0.256 e. The molecule has 1 aliphatic heterocycles. The summed E-state index contributed by atoms with van der Waals surface area (Å²) in [4.78, 5) is 5.53. The van der Waals surface area contributed by atoms with Gasteiger partial charge >= 0.3 is 0 Å². The molecule has 0 amide bonds. The highest BCUT2D eigenvalue weighted by Gasteiger charge is 2.33. The van der Waals surface area contributed by atoms with Gasteiger partial charge in [0.2, 0.25) is 9.84 Å². The van der Waals surface area contributed by atoms with Crippen LogP contribution in [0.25, 0.3) is 22.4 Å². The Morgan fingerprint density at radius 1 is 0.931 bits per heavy atom. The molecule has 0 spiro atoms. The Hall–Kier alpha value is -2.24. The summed E-state index contributed by atoms with van der Waals surface area (Å²) in [5.74, 6) is 0.551. The lowest BCUT2D eigenvalue weighted by molar-refractivity contribution is 0.598. The van der Waals surface area contributed by atoms with Crippen LogP contribution in [-0.4, -0.2) is 21.5 Å². The highest BCUT2D eigenvalue weighted by Crippen LogP contribution is 2.44. The molecule has 0 fully saturated rings. The summed E-state index contributed by atoms with van der Waals surface area (Å²) in [6.07, 6.45) is 3.03. The fraction of sp³-hybridized carbons (Fsp3) is 0.292. The maximum absolute atomic E-state index is 13.0. The van der Waals surface area contributed by atoms with E-state index in [4.69, 9.17) is 4.98 Å². The second-order valence-corrected chi connectivity index (χ2v) is 16.2. The fourth-order valence-corrected chi connectivity index (χ4v) is 7.41. The SMILES string of the molecule is CC(C)Cc1cc(-c2ccc3c(c2)S(=O)(=O)c2ccccc2-3)ncc1[Si](C)(C)C. The van der Waals surface area contributed by atoms with E-state index in [1.54, 1.807) is 18.2 Å². The average Bonchev–Trinajstić information content (AvgIpc) is 2.88. The van der Waals surface area contributed by atoms with Crippen LogP contribution >= 0.6 is 0 Å². The summed E-state index contributed by atoms with van der Waals surface area (Å²) >= 11 is 0. The molecule has 3 nitrogen and oxygen atoms in total. The number of sulfone groups is 1. The number of aromatic nitrogens is 1. The summed E-state index contributed by atoms with van der Waals surface area (Å²) < 4.78 is 26.1. The maximum atomic E-state index is 13.0. The van der Waals surface area contributed by atoms with Crippen molar-refractivity contribution in [3.8, 4) is 22.4 Å². The molecule has 0 atom stereocenters. The molecule has 150 valence electrons. The summed E-state index contributed by atoms with van der Waals surface area (Å²) in [6, 6.07) is 15.1. The standard InChI is InChI=1S/C24H27NO2SSi/c1-16(2)12-18-13-21(25-15-24(18)29(3,4)5)17-10-11-20-19-8-6-7-9-22(19)28(26,27)23(20)14-17/h6-11,13-16H,12H2,1-5H3. The van der Waals surface area contributed by atoms with Gasteiger partial charge in [0, 0.05) is 22.9 Å². The molecule has 1 aliphatic rings. The number of pyridine rings is 1. The Morgan fingerprint density at radius 2 is 1.62 bits per heavy atom. The van der Waals surface area contributed by atoms with Crippen molar-refractivity contribution in [1.82, 2.24) is 4.98 Å². The van der Waals surface area contributed by atoms with E-state index in [2.05, 4.69) is 39.6 Å². The molecule has 0 saturated carbocycles. The first kappa shape index (κ1) is 20.0. The van der Waals surface area contributed by atoms with Crippen molar-refractivity contribution in [1.29, 1.82) is 0 Å². The zero-order valence-corrected chi connectivity index (χ0v) is 19.5. The lowest BCUT2D eigenvalue weighted by atomic mass is 9.99. The van der Waals surface area contributed by atoms with Crippen LogP contribution in [0.3, 0.4) is 0 Å². The van der Waals surface area contributed by atoms with Gasteiger partial charge < -0.3 is 0 Å². The first-order valence-electron chi connectivity index (χ1n) is 10.1. The predicted molar refractivity (Wildman–Crippen MR) is 122 cm³/mol. The molecule has 29 heavy (non-hydrogen) atoms. The monoisotopic (exact) mass is 421 g/mol. The number of benzene rings is 2. The summed E-state index contributed by atoms with van der Waals surface area (Å²) in [6.45, 7) is 11.5. The van der Waals surface area contributed by atoms with Gasteiger partial charge in [-0.1, -0.05) is 63.8 Å². The van der Waals surface area contributed by atoms with Crippen molar-refractivity contribution in [3.05, 3.63) is 60.3 Å². The Morgan fingerprint density at radius 3 is 2.31 bits per heavy atom. The van der Waals surface area contributed by atoms with Gasteiger partial charge in [-0.05, 0) is 41.3 Å². The number of fused-ring (bicyclic) bond motifs is 3. The van der Waals surface area contributed by atoms with Crippen LogP contribution in [0.1, 0.15) is 19.4 Å². The maximum Gasteiger partial charge on any atom is 0.207 e. The topological polar surface area (TPSA) is 47.0 Å². The minimum absolute atomic E-state index is 0.387. The fourth-order valence-electron chi connectivity index (χ4n) is 4.11. The lowest BCUT2D eigenvalue weighted by Gasteiger charge is -2.22. The van der Waals surface area contributed by atoms with Gasteiger partial charge in [0.25, 0.3) is 0 Å².